The van der Waals surface area contributed by atoms with Crippen LogP contribution in [0.25, 0.3) is 0 Å². The molecule has 0 aromatic heterocycles. The van der Waals surface area contributed by atoms with Gasteiger partial charge in [0.25, 0.3) is 0 Å². The Morgan fingerprint density at radius 2 is 1.77 bits per heavy atom. The van der Waals surface area contributed by atoms with E-state index in [1.54, 1.807) is 14.2 Å². The quantitative estimate of drug-likeness (QED) is 0.562. The Hall–Kier alpha value is -2.89. The summed E-state index contributed by atoms with van der Waals surface area (Å²) in [5.41, 5.74) is 2.07. The summed E-state index contributed by atoms with van der Waals surface area (Å²) in [5.74, 6) is 2.11. The number of nitrogens with zero attached hydrogens (tertiary/aromatic N) is 2. The average molecular weight is 356 g/mol. The SMILES string of the molecule is CCNC(=NCCN(C)c1ccccc1)Nc1ccc(OC)c(OC)c1. The summed E-state index contributed by atoms with van der Waals surface area (Å²) in [6.45, 7) is 4.33. The van der Waals surface area contributed by atoms with E-state index in [2.05, 4.69) is 39.7 Å². The minimum atomic E-state index is 0.675. The number of rotatable bonds is 8. The Bertz CT molecular complexity index is 704. The zero-order valence-electron chi connectivity index (χ0n) is 16.0. The van der Waals surface area contributed by atoms with Crippen LogP contribution >= 0.6 is 0 Å². The molecule has 0 amide bonds. The maximum atomic E-state index is 5.35. The van der Waals surface area contributed by atoms with Crippen LogP contribution in [0.4, 0.5) is 11.4 Å². The lowest BCUT2D eigenvalue weighted by atomic mass is 10.3. The van der Waals surface area contributed by atoms with Crippen LogP contribution in [0.15, 0.2) is 53.5 Å². The lowest BCUT2D eigenvalue weighted by Crippen LogP contribution is -2.32. The second-order valence-electron chi connectivity index (χ2n) is 5.71. The molecular weight excluding hydrogens is 328 g/mol. The molecule has 0 saturated heterocycles. The van der Waals surface area contributed by atoms with Crippen molar-refractivity contribution in [3.63, 3.8) is 0 Å². The zero-order valence-corrected chi connectivity index (χ0v) is 16.0. The lowest BCUT2D eigenvalue weighted by molar-refractivity contribution is 0.355. The Morgan fingerprint density at radius 3 is 2.42 bits per heavy atom. The third-order valence-electron chi connectivity index (χ3n) is 3.89. The van der Waals surface area contributed by atoms with Crippen molar-refractivity contribution in [1.29, 1.82) is 0 Å². The number of guanidine groups is 1. The summed E-state index contributed by atoms with van der Waals surface area (Å²) in [6.07, 6.45) is 0. The van der Waals surface area contributed by atoms with Gasteiger partial charge in [-0.2, -0.15) is 0 Å². The lowest BCUT2D eigenvalue weighted by Gasteiger charge is -2.18. The molecule has 2 aromatic carbocycles. The van der Waals surface area contributed by atoms with Crippen LogP contribution in [0.1, 0.15) is 6.92 Å². The van der Waals surface area contributed by atoms with Gasteiger partial charge >= 0.3 is 0 Å². The Labute approximate surface area is 155 Å². The van der Waals surface area contributed by atoms with Crippen molar-refractivity contribution in [3.05, 3.63) is 48.5 Å². The van der Waals surface area contributed by atoms with Crippen molar-refractivity contribution >= 4 is 17.3 Å². The summed E-state index contributed by atoms with van der Waals surface area (Å²) in [6, 6.07) is 16.0. The molecule has 0 atom stereocenters. The molecule has 2 N–H and O–H groups in total. The van der Waals surface area contributed by atoms with Gasteiger partial charge in [0.1, 0.15) is 0 Å². The monoisotopic (exact) mass is 356 g/mol. The standard InChI is InChI=1S/C20H28N4O2/c1-5-21-20(22-13-14-24(2)17-9-7-6-8-10-17)23-16-11-12-18(25-3)19(15-16)26-4/h6-12,15H,5,13-14H2,1-4H3,(H2,21,22,23). The van der Waals surface area contributed by atoms with Crippen LogP contribution in [0.2, 0.25) is 0 Å². The highest BCUT2D eigenvalue weighted by atomic mass is 16.5. The highest BCUT2D eigenvalue weighted by Gasteiger charge is 2.06. The molecule has 0 unspecified atom stereocenters. The van der Waals surface area contributed by atoms with Gasteiger partial charge in [0, 0.05) is 37.6 Å². The van der Waals surface area contributed by atoms with E-state index in [0.717, 1.165) is 24.7 Å². The molecule has 0 fully saturated rings. The van der Waals surface area contributed by atoms with E-state index >= 15 is 0 Å². The minimum absolute atomic E-state index is 0.675. The third-order valence-corrected chi connectivity index (χ3v) is 3.89. The molecular formula is C20H28N4O2. The number of likely N-dealkylation sites (N-methyl/N-ethyl adjacent to an activating group) is 1. The van der Waals surface area contributed by atoms with Gasteiger partial charge in [0.05, 0.1) is 20.8 Å². The number of aliphatic imine (C=N–C) groups is 1. The fourth-order valence-electron chi connectivity index (χ4n) is 2.48. The molecule has 140 valence electrons. The maximum absolute atomic E-state index is 5.35. The number of benzene rings is 2. The fourth-order valence-corrected chi connectivity index (χ4v) is 2.48. The maximum Gasteiger partial charge on any atom is 0.195 e. The summed E-state index contributed by atoms with van der Waals surface area (Å²) < 4.78 is 10.6. The van der Waals surface area contributed by atoms with Crippen LogP contribution in [0, 0.1) is 0 Å². The second kappa shape index (κ2) is 10.2. The second-order valence-corrected chi connectivity index (χ2v) is 5.71. The summed E-state index contributed by atoms with van der Waals surface area (Å²) in [5, 5.41) is 6.56. The van der Waals surface area contributed by atoms with Crippen LogP contribution in [-0.2, 0) is 0 Å². The van der Waals surface area contributed by atoms with E-state index in [1.807, 2.05) is 43.3 Å². The van der Waals surface area contributed by atoms with Gasteiger partial charge in [0.15, 0.2) is 17.5 Å². The van der Waals surface area contributed by atoms with Crippen LogP contribution in [0.5, 0.6) is 11.5 Å². The van der Waals surface area contributed by atoms with Gasteiger partial charge in [-0.05, 0) is 31.2 Å². The van der Waals surface area contributed by atoms with E-state index in [1.165, 1.54) is 5.69 Å². The van der Waals surface area contributed by atoms with Crippen molar-refractivity contribution in [3.8, 4) is 11.5 Å². The van der Waals surface area contributed by atoms with E-state index in [4.69, 9.17) is 9.47 Å². The molecule has 0 spiro atoms. The number of ether oxygens (including phenoxy) is 2. The molecule has 6 nitrogen and oxygen atoms in total. The average Bonchev–Trinajstić information content (AvgIpc) is 2.68. The molecule has 0 radical (unpaired) electrons. The molecule has 6 heteroatoms. The predicted octanol–water partition coefficient (Wildman–Crippen LogP) is 3.22. The zero-order chi connectivity index (χ0) is 18.8. The van der Waals surface area contributed by atoms with Crippen LogP contribution < -0.4 is 25.0 Å². The predicted molar refractivity (Wildman–Crippen MR) is 109 cm³/mol. The Kier molecular flexibility index (Phi) is 7.61. The van der Waals surface area contributed by atoms with Crippen LogP contribution in [0.3, 0.4) is 0 Å². The van der Waals surface area contributed by atoms with Gasteiger partial charge in [-0.15, -0.1) is 0 Å². The summed E-state index contributed by atoms with van der Waals surface area (Å²) >= 11 is 0. The largest absolute Gasteiger partial charge is 0.493 e. The molecule has 0 aliphatic carbocycles. The van der Waals surface area contributed by atoms with Gasteiger partial charge < -0.3 is 25.0 Å². The van der Waals surface area contributed by atoms with E-state index in [-0.39, 0.29) is 0 Å². The molecule has 2 rings (SSSR count). The molecule has 0 bridgehead atoms. The number of anilines is 2. The van der Waals surface area contributed by atoms with Gasteiger partial charge in [-0.1, -0.05) is 18.2 Å². The van der Waals surface area contributed by atoms with Crippen molar-refractivity contribution < 1.29 is 9.47 Å². The van der Waals surface area contributed by atoms with Crippen molar-refractivity contribution in [2.45, 2.75) is 6.92 Å². The highest BCUT2D eigenvalue weighted by molar-refractivity contribution is 5.93. The molecule has 0 heterocycles. The van der Waals surface area contributed by atoms with Gasteiger partial charge in [-0.3, -0.25) is 4.99 Å². The van der Waals surface area contributed by atoms with E-state index < -0.39 is 0 Å². The first-order chi connectivity index (χ1) is 12.7. The number of para-hydroxylation sites is 1. The third kappa shape index (κ3) is 5.58. The number of hydrogen-bond acceptors (Lipinski definition) is 4. The fraction of sp³-hybridized carbons (Fsp3) is 0.350. The molecule has 2 aromatic rings. The summed E-state index contributed by atoms with van der Waals surface area (Å²) in [4.78, 5) is 6.84. The first kappa shape index (κ1) is 19.4. The number of nitrogens with one attached hydrogen (secondary N) is 2. The van der Waals surface area contributed by atoms with Crippen LogP contribution in [-0.4, -0.2) is 46.9 Å². The normalized spacial score (nSPS) is 11.0. The Balaban J connectivity index is 2.00. The van der Waals surface area contributed by atoms with Gasteiger partial charge in [-0.25, -0.2) is 0 Å². The highest BCUT2D eigenvalue weighted by Crippen LogP contribution is 2.29. The molecule has 0 aliphatic heterocycles. The Morgan fingerprint density at radius 1 is 1.04 bits per heavy atom. The van der Waals surface area contributed by atoms with Crippen molar-refractivity contribution in [1.82, 2.24) is 5.32 Å². The number of methoxy groups -OCH3 is 2. The topological polar surface area (TPSA) is 58.1 Å². The smallest absolute Gasteiger partial charge is 0.195 e. The van der Waals surface area contributed by atoms with Crippen molar-refractivity contribution in [2.24, 2.45) is 4.99 Å². The number of hydrogen-bond donors (Lipinski definition) is 2. The van der Waals surface area contributed by atoms with Crippen molar-refractivity contribution in [2.75, 3.05) is 51.1 Å². The molecule has 0 aliphatic rings. The first-order valence-corrected chi connectivity index (χ1v) is 8.71. The first-order valence-electron chi connectivity index (χ1n) is 8.71. The van der Waals surface area contributed by atoms with Gasteiger partial charge in [0.2, 0.25) is 0 Å². The van der Waals surface area contributed by atoms with E-state index in [0.29, 0.717) is 18.0 Å². The molecule has 26 heavy (non-hydrogen) atoms. The minimum Gasteiger partial charge on any atom is -0.493 e. The van der Waals surface area contributed by atoms with E-state index in [9.17, 15) is 0 Å². The summed E-state index contributed by atoms with van der Waals surface area (Å²) in [7, 11) is 5.32. The molecule has 0 saturated carbocycles.